The van der Waals surface area contributed by atoms with E-state index in [1.54, 1.807) is 30.3 Å². The average Bonchev–Trinajstić information content (AvgIpc) is 3.03. The molecule has 0 saturated carbocycles. The van der Waals surface area contributed by atoms with Gasteiger partial charge in [-0.15, -0.1) is 0 Å². The summed E-state index contributed by atoms with van der Waals surface area (Å²) in [6, 6.07) is 14.3. The van der Waals surface area contributed by atoms with Crippen LogP contribution in [0.3, 0.4) is 0 Å². The zero-order valence-corrected chi connectivity index (χ0v) is 24.9. The molecular weight excluding hydrogens is 615 g/mol. The van der Waals surface area contributed by atoms with E-state index in [-0.39, 0.29) is 48.5 Å². The van der Waals surface area contributed by atoms with Crippen LogP contribution in [0.25, 0.3) is 11.1 Å². The molecule has 4 rings (SSSR count). The number of nitrogens with zero attached hydrogens (tertiary/aromatic N) is 2. The summed E-state index contributed by atoms with van der Waals surface area (Å²) >= 11 is 0. The first-order chi connectivity index (χ1) is 21.9. The highest BCUT2D eigenvalue weighted by Gasteiger charge is 2.35. The number of carbonyl (C=O) groups excluding carboxylic acids is 1. The van der Waals surface area contributed by atoms with Crippen LogP contribution in [0.5, 0.6) is 5.75 Å². The highest BCUT2D eigenvalue weighted by atomic mass is 19.4. The normalized spacial score (nSPS) is 12.2. The molecule has 0 radical (unpaired) electrons. The van der Waals surface area contributed by atoms with E-state index >= 15 is 4.39 Å². The fraction of sp³-hybridized carbons (Fsp3) is 0.281. The summed E-state index contributed by atoms with van der Waals surface area (Å²) in [6.45, 7) is 0.227. The van der Waals surface area contributed by atoms with E-state index in [0.29, 0.717) is 11.6 Å². The van der Waals surface area contributed by atoms with Crippen LogP contribution in [0.1, 0.15) is 41.3 Å². The Morgan fingerprint density at radius 3 is 2.33 bits per heavy atom. The van der Waals surface area contributed by atoms with Gasteiger partial charge in [0.2, 0.25) is 0 Å². The van der Waals surface area contributed by atoms with Crippen LogP contribution in [0, 0.1) is 18.6 Å². The first kappa shape index (κ1) is 34.1. The first-order valence-corrected chi connectivity index (χ1v) is 14.1. The van der Waals surface area contributed by atoms with Crippen LogP contribution in [0.2, 0.25) is 0 Å². The second-order valence-electron chi connectivity index (χ2n) is 10.3. The molecule has 0 bridgehead atoms. The summed E-state index contributed by atoms with van der Waals surface area (Å²) in [6.07, 6.45) is -4.70. The minimum Gasteiger partial charge on any atom is -0.494 e. The third-order valence-corrected chi connectivity index (χ3v) is 7.53. The molecule has 3 N–H and O–H groups in total. The van der Waals surface area contributed by atoms with Crippen LogP contribution in [0.4, 0.5) is 22.0 Å². The fourth-order valence-electron chi connectivity index (χ4n) is 5.19. The maximum absolute atomic E-state index is 15.6. The molecule has 0 saturated heterocycles. The zero-order valence-electron chi connectivity index (χ0n) is 24.9. The minimum absolute atomic E-state index is 0.0221. The number of ether oxygens (including phenoxy) is 1. The third-order valence-electron chi connectivity index (χ3n) is 7.53. The molecule has 244 valence electrons. The van der Waals surface area contributed by atoms with Crippen molar-refractivity contribution in [2.75, 3.05) is 13.7 Å². The van der Waals surface area contributed by atoms with E-state index in [4.69, 9.17) is 10.6 Å². The number of halogens is 5. The highest BCUT2D eigenvalue weighted by Crippen LogP contribution is 2.34. The third kappa shape index (κ3) is 7.35. The molecule has 46 heavy (non-hydrogen) atoms. The van der Waals surface area contributed by atoms with Gasteiger partial charge in [0.25, 0.3) is 5.56 Å². The standard InChI is InChI=1S/C32H31F5N4O5/c1-19-28(21-11-6-14-26(45-2)29(21)34)30(43)41(18-25(20-9-4-3-5-10-20)39-16-8-15-27(42)46-38)31(44)40(19)17-22-23(32(35,36)37)12-7-13-24(22)33/h3-7,9-14,25,39H,8,15-18,38H2,1-2H3/t25-/m0/s1. The Morgan fingerprint density at radius 2 is 1.67 bits per heavy atom. The highest BCUT2D eigenvalue weighted by molar-refractivity contribution is 5.69. The van der Waals surface area contributed by atoms with Crippen LogP contribution >= 0.6 is 0 Å². The molecule has 1 aromatic heterocycles. The van der Waals surface area contributed by atoms with Gasteiger partial charge in [0.15, 0.2) is 11.6 Å². The summed E-state index contributed by atoms with van der Waals surface area (Å²) < 4.78 is 79.0. The van der Waals surface area contributed by atoms with Crippen molar-refractivity contribution < 1.29 is 36.3 Å². The van der Waals surface area contributed by atoms with Crippen LogP contribution in [0.15, 0.2) is 76.3 Å². The lowest BCUT2D eigenvalue weighted by Gasteiger charge is -2.23. The van der Waals surface area contributed by atoms with E-state index in [2.05, 4.69) is 10.2 Å². The largest absolute Gasteiger partial charge is 0.494 e. The molecule has 0 unspecified atom stereocenters. The molecule has 1 atom stereocenters. The smallest absolute Gasteiger partial charge is 0.416 e. The zero-order chi connectivity index (χ0) is 33.6. The number of methoxy groups -OCH3 is 1. The molecule has 1 heterocycles. The van der Waals surface area contributed by atoms with Crippen molar-refractivity contribution in [3.05, 3.63) is 122 Å². The molecule has 0 spiro atoms. The fourth-order valence-corrected chi connectivity index (χ4v) is 5.19. The minimum atomic E-state index is -4.95. The molecule has 0 aliphatic carbocycles. The van der Waals surface area contributed by atoms with Crippen molar-refractivity contribution in [3.8, 4) is 16.9 Å². The van der Waals surface area contributed by atoms with Gasteiger partial charge in [0.1, 0.15) is 5.82 Å². The van der Waals surface area contributed by atoms with Gasteiger partial charge < -0.3 is 14.9 Å². The quantitative estimate of drug-likeness (QED) is 0.128. The average molecular weight is 647 g/mol. The van der Waals surface area contributed by atoms with E-state index in [9.17, 15) is 31.9 Å². The molecular formula is C32H31F5N4O5. The van der Waals surface area contributed by atoms with Crippen molar-refractivity contribution >= 4 is 5.97 Å². The summed E-state index contributed by atoms with van der Waals surface area (Å²) in [5.74, 6) is 1.88. The van der Waals surface area contributed by atoms with E-state index in [0.717, 1.165) is 21.3 Å². The SMILES string of the molecule is COc1cccc(-c2c(C)n(Cc3c(F)cccc3C(F)(F)F)c(=O)n(C[C@H](NCCCC(=O)ON)c3ccccc3)c2=O)c1F. The Balaban J connectivity index is 1.93. The summed E-state index contributed by atoms with van der Waals surface area (Å²) in [7, 11) is 1.22. The lowest BCUT2D eigenvalue weighted by molar-refractivity contribution is -0.144. The molecule has 0 amide bonds. The van der Waals surface area contributed by atoms with Gasteiger partial charge in [-0.1, -0.05) is 48.5 Å². The van der Waals surface area contributed by atoms with Gasteiger partial charge in [0, 0.05) is 23.2 Å². The number of alkyl halides is 3. The van der Waals surface area contributed by atoms with E-state index < -0.39 is 58.7 Å². The topological polar surface area (TPSA) is 118 Å². The number of hydrogen-bond acceptors (Lipinski definition) is 7. The van der Waals surface area contributed by atoms with Gasteiger partial charge in [-0.05, 0) is 43.7 Å². The summed E-state index contributed by atoms with van der Waals surface area (Å²) in [5, 5.41) is 3.17. The molecule has 4 aromatic rings. The summed E-state index contributed by atoms with van der Waals surface area (Å²) in [5.41, 5.74) is -4.23. The Hall–Kier alpha value is -4.82. The Bertz CT molecular complexity index is 1820. The van der Waals surface area contributed by atoms with Crippen LogP contribution in [-0.4, -0.2) is 28.8 Å². The molecule has 14 heteroatoms. The lowest BCUT2D eigenvalue weighted by Crippen LogP contribution is -2.45. The Labute approximate surface area is 259 Å². The van der Waals surface area contributed by atoms with Crippen molar-refractivity contribution in [1.29, 1.82) is 0 Å². The van der Waals surface area contributed by atoms with Gasteiger partial charge in [0.05, 0.1) is 37.4 Å². The number of hydrogen-bond donors (Lipinski definition) is 2. The molecule has 0 aliphatic rings. The number of aromatic nitrogens is 2. The predicted octanol–water partition coefficient (Wildman–Crippen LogP) is 4.87. The van der Waals surface area contributed by atoms with Crippen LogP contribution in [-0.2, 0) is 28.9 Å². The number of carbonyl (C=O) groups is 1. The molecule has 3 aromatic carbocycles. The number of nitrogens with two attached hydrogens (primary N) is 1. The second-order valence-corrected chi connectivity index (χ2v) is 10.3. The van der Waals surface area contributed by atoms with Gasteiger partial charge in [-0.25, -0.2) is 13.6 Å². The predicted molar refractivity (Wildman–Crippen MR) is 159 cm³/mol. The first-order valence-electron chi connectivity index (χ1n) is 14.1. The van der Waals surface area contributed by atoms with Crippen molar-refractivity contribution in [2.45, 2.75) is 45.1 Å². The Kier molecular flexibility index (Phi) is 10.7. The molecule has 9 nitrogen and oxygen atoms in total. The van der Waals surface area contributed by atoms with Crippen LogP contribution < -0.4 is 27.2 Å². The lowest BCUT2D eigenvalue weighted by atomic mass is 10.0. The number of benzene rings is 3. The number of rotatable bonds is 12. The van der Waals surface area contributed by atoms with Crippen molar-refractivity contribution in [3.63, 3.8) is 0 Å². The molecule has 0 fully saturated rings. The van der Waals surface area contributed by atoms with Gasteiger partial charge >= 0.3 is 17.8 Å². The number of nitrogens with one attached hydrogen (secondary N) is 1. The second kappa shape index (κ2) is 14.5. The van der Waals surface area contributed by atoms with Gasteiger partial charge in [-0.3, -0.25) is 18.7 Å². The van der Waals surface area contributed by atoms with E-state index in [1.165, 1.54) is 32.2 Å². The summed E-state index contributed by atoms with van der Waals surface area (Å²) in [4.78, 5) is 43.7. The Morgan fingerprint density at radius 1 is 0.978 bits per heavy atom. The van der Waals surface area contributed by atoms with Gasteiger partial charge in [-0.2, -0.15) is 19.1 Å². The maximum atomic E-state index is 15.6. The van der Waals surface area contributed by atoms with Crippen molar-refractivity contribution in [1.82, 2.24) is 14.5 Å². The van der Waals surface area contributed by atoms with Crippen molar-refractivity contribution in [2.24, 2.45) is 5.90 Å². The maximum Gasteiger partial charge on any atom is 0.416 e. The monoisotopic (exact) mass is 646 g/mol. The van der Waals surface area contributed by atoms with E-state index in [1.807, 2.05) is 0 Å². The molecule has 0 aliphatic heterocycles.